The summed E-state index contributed by atoms with van der Waals surface area (Å²) >= 11 is 0. The molecule has 1 aliphatic rings. The molecule has 0 aromatic heterocycles. The highest BCUT2D eigenvalue weighted by Crippen LogP contribution is 2.42. The van der Waals surface area contributed by atoms with Crippen molar-refractivity contribution in [1.29, 1.82) is 0 Å². The average molecular weight is 498 g/mol. The normalized spacial score (nSPS) is 16.7. The van der Waals surface area contributed by atoms with Crippen molar-refractivity contribution in [3.8, 4) is 11.1 Å². The zero-order valence-corrected chi connectivity index (χ0v) is 19.7. The van der Waals surface area contributed by atoms with Crippen LogP contribution in [0.1, 0.15) is 42.6 Å². The van der Waals surface area contributed by atoms with Gasteiger partial charge < -0.3 is 21.1 Å². The van der Waals surface area contributed by atoms with Crippen molar-refractivity contribution < 1.29 is 27.9 Å². The number of hydrogen-bond acceptors (Lipinski definition) is 4. The Bertz CT molecular complexity index is 1280. The summed E-state index contributed by atoms with van der Waals surface area (Å²) in [5, 5.41) is 19.1. The average Bonchev–Trinajstić information content (AvgIpc) is 2.96. The molecule has 4 rings (SSSR count). The Kier molecular flexibility index (Phi) is 7.14. The number of benzene rings is 3. The molecule has 3 aromatic rings. The molecule has 3 aromatic carbocycles. The summed E-state index contributed by atoms with van der Waals surface area (Å²) in [5.74, 6) is -0.884. The molecule has 1 aliphatic heterocycles. The molecule has 0 bridgehead atoms. The van der Waals surface area contributed by atoms with Crippen molar-refractivity contribution in [3.63, 3.8) is 0 Å². The van der Waals surface area contributed by atoms with E-state index in [0.717, 1.165) is 23.3 Å². The van der Waals surface area contributed by atoms with Gasteiger partial charge in [-0.3, -0.25) is 9.59 Å². The number of carbonyl (C=O) groups is 2. The summed E-state index contributed by atoms with van der Waals surface area (Å²) in [6.45, 7) is 3.41. The highest BCUT2D eigenvalue weighted by molar-refractivity contribution is 6.08. The number of hydrogen-bond donors (Lipinski definition) is 4. The molecule has 188 valence electrons. The van der Waals surface area contributed by atoms with Crippen LogP contribution in [0.2, 0.25) is 0 Å². The lowest BCUT2D eigenvalue weighted by Gasteiger charge is -2.20. The van der Waals surface area contributed by atoms with Gasteiger partial charge in [0.2, 0.25) is 11.8 Å². The van der Waals surface area contributed by atoms with Crippen molar-refractivity contribution in [1.82, 2.24) is 5.32 Å². The minimum Gasteiger partial charge on any atom is -0.387 e. The van der Waals surface area contributed by atoms with Gasteiger partial charge in [0, 0.05) is 12.1 Å². The van der Waals surface area contributed by atoms with Crippen LogP contribution in [0.3, 0.4) is 0 Å². The molecule has 3 atom stereocenters. The Morgan fingerprint density at radius 2 is 1.75 bits per heavy atom. The highest BCUT2D eigenvalue weighted by atomic mass is 19.4. The van der Waals surface area contributed by atoms with E-state index in [4.69, 9.17) is 0 Å². The topological polar surface area (TPSA) is 90.5 Å². The van der Waals surface area contributed by atoms with Gasteiger partial charge in [-0.05, 0) is 54.8 Å². The van der Waals surface area contributed by atoms with Gasteiger partial charge in [-0.15, -0.1) is 0 Å². The number of fused-ring (bicyclic) bond motifs is 3. The number of carbonyl (C=O) groups excluding carboxylic acids is 2. The first-order chi connectivity index (χ1) is 17.1. The maximum Gasteiger partial charge on any atom is 0.416 e. The first kappa shape index (κ1) is 25.4. The molecule has 0 spiro atoms. The van der Waals surface area contributed by atoms with Gasteiger partial charge in [-0.2, -0.15) is 13.2 Å². The second kappa shape index (κ2) is 10.1. The highest BCUT2D eigenvalue weighted by Gasteiger charge is 2.30. The van der Waals surface area contributed by atoms with Crippen molar-refractivity contribution in [3.05, 3.63) is 83.4 Å². The van der Waals surface area contributed by atoms with E-state index < -0.39 is 23.9 Å². The fourth-order valence-electron chi connectivity index (χ4n) is 4.17. The van der Waals surface area contributed by atoms with Crippen LogP contribution in [0.25, 0.3) is 11.1 Å². The fraction of sp³-hybridized carbons (Fsp3) is 0.259. The van der Waals surface area contributed by atoms with Gasteiger partial charge in [-0.1, -0.05) is 42.5 Å². The first-order valence-electron chi connectivity index (χ1n) is 11.5. The summed E-state index contributed by atoms with van der Waals surface area (Å²) in [4.78, 5) is 25.6. The molecule has 9 heteroatoms. The molecule has 4 N–H and O–H groups in total. The summed E-state index contributed by atoms with van der Waals surface area (Å²) in [6.07, 6.45) is -5.55. The van der Waals surface area contributed by atoms with E-state index in [9.17, 15) is 27.9 Å². The third kappa shape index (κ3) is 5.27. The third-order valence-electron chi connectivity index (χ3n) is 6.30. The lowest BCUT2D eigenvalue weighted by Crippen LogP contribution is -2.40. The van der Waals surface area contributed by atoms with Gasteiger partial charge in [0.05, 0.1) is 35.0 Å². The summed E-state index contributed by atoms with van der Waals surface area (Å²) in [5.41, 5.74) is 3.01. The van der Waals surface area contributed by atoms with E-state index >= 15 is 0 Å². The number of anilines is 2. The summed E-state index contributed by atoms with van der Waals surface area (Å²) in [6, 6.07) is 16.3. The van der Waals surface area contributed by atoms with Crippen LogP contribution in [0, 0.1) is 0 Å². The van der Waals surface area contributed by atoms with Crippen LogP contribution in [0.4, 0.5) is 24.5 Å². The van der Waals surface area contributed by atoms with Gasteiger partial charge in [0.15, 0.2) is 0 Å². The second-order valence-electron chi connectivity index (χ2n) is 8.78. The molecule has 2 amide bonds. The fourth-order valence-corrected chi connectivity index (χ4v) is 4.17. The molecule has 1 heterocycles. The Labute approximate surface area is 206 Å². The summed E-state index contributed by atoms with van der Waals surface area (Å²) in [7, 11) is 0. The van der Waals surface area contributed by atoms with Crippen LogP contribution in [0.5, 0.6) is 0 Å². The van der Waals surface area contributed by atoms with E-state index in [-0.39, 0.29) is 24.3 Å². The van der Waals surface area contributed by atoms with E-state index in [0.29, 0.717) is 22.5 Å². The van der Waals surface area contributed by atoms with Crippen molar-refractivity contribution in [2.24, 2.45) is 0 Å². The predicted molar refractivity (Wildman–Crippen MR) is 131 cm³/mol. The van der Waals surface area contributed by atoms with E-state index in [2.05, 4.69) is 16.0 Å². The quantitative estimate of drug-likeness (QED) is 0.383. The molecule has 0 fully saturated rings. The molecule has 0 saturated carbocycles. The second-order valence-corrected chi connectivity index (χ2v) is 8.78. The van der Waals surface area contributed by atoms with Gasteiger partial charge in [0.1, 0.15) is 0 Å². The summed E-state index contributed by atoms with van der Waals surface area (Å²) < 4.78 is 38.3. The zero-order chi connectivity index (χ0) is 26.0. The van der Waals surface area contributed by atoms with Crippen molar-refractivity contribution >= 4 is 23.2 Å². The van der Waals surface area contributed by atoms with Crippen LogP contribution in [0.15, 0.2) is 66.7 Å². The molecule has 0 saturated heterocycles. The maximum atomic E-state index is 13.0. The zero-order valence-electron chi connectivity index (χ0n) is 19.7. The van der Waals surface area contributed by atoms with Crippen LogP contribution in [-0.4, -0.2) is 29.5 Å². The molecule has 6 nitrogen and oxygen atoms in total. The van der Waals surface area contributed by atoms with Gasteiger partial charge in [-0.25, -0.2) is 0 Å². The van der Waals surface area contributed by atoms with Gasteiger partial charge >= 0.3 is 6.18 Å². The third-order valence-corrected chi connectivity index (χ3v) is 6.30. The molecular weight excluding hydrogens is 471 g/mol. The minimum atomic E-state index is -4.45. The Balaban J connectivity index is 1.47. The van der Waals surface area contributed by atoms with Crippen molar-refractivity contribution in [2.45, 2.75) is 38.1 Å². The maximum absolute atomic E-state index is 13.0. The number of amides is 2. The lowest BCUT2D eigenvalue weighted by molar-refractivity contribution is -0.137. The van der Waals surface area contributed by atoms with E-state index in [1.54, 1.807) is 25.1 Å². The Morgan fingerprint density at radius 3 is 2.44 bits per heavy atom. The number of aliphatic hydroxyl groups is 1. The first-order valence-corrected chi connectivity index (χ1v) is 11.5. The lowest BCUT2D eigenvalue weighted by atomic mass is 9.91. The Morgan fingerprint density at radius 1 is 1.06 bits per heavy atom. The standard InChI is InChI=1S/C27H26F3N3O3/c1-15-19-6-3-4-7-20(19)24-21(32-25(15)35)8-5-9-22(24)33-26(36)16(2)31-14-23(34)17-10-12-18(13-11-17)27(28,29)30/h3-13,15-16,23,31,34H,14H2,1-2H3,(H,32,35)(H,33,36)/t15?,16-,23-/m0/s1. The molecule has 36 heavy (non-hydrogen) atoms. The molecule has 0 radical (unpaired) electrons. The largest absolute Gasteiger partial charge is 0.416 e. The van der Waals surface area contributed by atoms with Crippen LogP contribution in [-0.2, 0) is 15.8 Å². The molecule has 0 aliphatic carbocycles. The van der Waals surface area contributed by atoms with Gasteiger partial charge in [0.25, 0.3) is 0 Å². The number of alkyl halides is 3. The number of rotatable bonds is 6. The molecular formula is C27H26F3N3O3. The van der Waals surface area contributed by atoms with Crippen LogP contribution >= 0.6 is 0 Å². The monoisotopic (exact) mass is 497 g/mol. The SMILES string of the molecule is CC1C(=O)Nc2cccc(NC(=O)[C@H](C)NC[C@H](O)c3ccc(C(F)(F)F)cc3)c2-c2ccccc21. The van der Waals surface area contributed by atoms with E-state index in [1.165, 1.54) is 12.1 Å². The smallest absolute Gasteiger partial charge is 0.387 e. The minimum absolute atomic E-state index is 0.0384. The van der Waals surface area contributed by atoms with Crippen molar-refractivity contribution in [2.75, 3.05) is 17.2 Å². The number of aliphatic hydroxyl groups excluding tert-OH is 1. The molecule has 1 unspecified atom stereocenters. The number of halogens is 3. The number of nitrogens with one attached hydrogen (secondary N) is 3. The van der Waals surface area contributed by atoms with Crippen LogP contribution < -0.4 is 16.0 Å². The predicted octanol–water partition coefficient (Wildman–Crippen LogP) is 5.08. The Hall–Kier alpha value is -3.69. The van der Waals surface area contributed by atoms with E-state index in [1.807, 2.05) is 31.2 Å².